The first kappa shape index (κ1) is 16.7. The molecule has 5 nitrogen and oxygen atoms in total. The van der Waals surface area contributed by atoms with Gasteiger partial charge in [-0.15, -0.1) is 0 Å². The van der Waals surface area contributed by atoms with Crippen LogP contribution in [0.3, 0.4) is 0 Å². The number of benzene rings is 1. The van der Waals surface area contributed by atoms with Crippen LogP contribution in [0.25, 0.3) is 0 Å². The molecule has 2 aromatic rings. The number of unbranched alkanes of at least 4 members (excludes halogenated alkanes) is 1. The van der Waals surface area contributed by atoms with Crippen molar-refractivity contribution in [3.05, 3.63) is 54.1 Å². The summed E-state index contributed by atoms with van der Waals surface area (Å²) in [6, 6.07) is 8.18. The molecule has 2 rings (SSSR count). The first-order valence-corrected chi connectivity index (χ1v) is 7.59. The standard InChI is InChI=1S/C17H21FN4O/c1-2-3-9-21-17(19)22-11-13-6-7-16(15(18)10-13)23-14-5-4-8-20-12-14/h4-8,10,12H,2-3,9,11H2,1H3,(H3,19,21,22). The molecule has 3 N–H and O–H groups in total. The second-order valence-corrected chi connectivity index (χ2v) is 5.04. The van der Waals surface area contributed by atoms with E-state index in [1.165, 1.54) is 12.3 Å². The van der Waals surface area contributed by atoms with Crippen molar-refractivity contribution in [3.8, 4) is 11.5 Å². The minimum atomic E-state index is -0.445. The van der Waals surface area contributed by atoms with Crippen LogP contribution in [0.2, 0.25) is 0 Å². The molecule has 0 aliphatic rings. The average Bonchev–Trinajstić information content (AvgIpc) is 2.56. The summed E-state index contributed by atoms with van der Waals surface area (Å²) in [5.41, 5.74) is 6.47. The van der Waals surface area contributed by atoms with Crippen LogP contribution in [0.5, 0.6) is 11.5 Å². The SMILES string of the molecule is CCCCNC(N)=NCc1ccc(Oc2cccnc2)c(F)c1. The van der Waals surface area contributed by atoms with Gasteiger partial charge in [-0.25, -0.2) is 9.38 Å². The van der Waals surface area contributed by atoms with Crippen LogP contribution in [0.4, 0.5) is 4.39 Å². The normalized spacial score (nSPS) is 11.3. The third kappa shape index (κ3) is 5.58. The summed E-state index contributed by atoms with van der Waals surface area (Å²) in [4.78, 5) is 8.11. The van der Waals surface area contributed by atoms with Gasteiger partial charge in [0.25, 0.3) is 0 Å². The van der Waals surface area contributed by atoms with Crippen LogP contribution < -0.4 is 15.8 Å². The van der Waals surface area contributed by atoms with Crippen molar-refractivity contribution >= 4 is 5.96 Å². The van der Waals surface area contributed by atoms with E-state index in [1.54, 1.807) is 30.5 Å². The van der Waals surface area contributed by atoms with Gasteiger partial charge < -0.3 is 15.8 Å². The topological polar surface area (TPSA) is 72.5 Å². The molecule has 0 aliphatic carbocycles. The quantitative estimate of drug-likeness (QED) is 0.467. The highest BCUT2D eigenvalue weighted by molar-refractivity contribution is 5.77. The number of halogens is 1. The van der Waals surface area contributed by atoms with E-state index in [4.69, 9.17) is 10.5 Å². The van der Waals surface area contributed by atoms with E-state index in [0.29, 0.717) is 18.3 Å². The molecule has 0 atom stereocenters. The van der Waals surface area contributed by atoms with E-state index in [-0.39, 0.29) is 5.75 Å². The maximum Gasteiger partial charge on any atom is 0.188 e. The number of aromatic nitrogens is 1. The summed E-state index contributed by atoms with van der Waals surface area (Å²) in [6.45, 7) is 3.21. The van der Waals surface area contributed by atoms with Crippen molar-refractivity contribution in [2.24, 2.45) is 10.7 Å². The van der Waals surface area contributed by atoms with Crippen LogP contribution in [0.15, 0.2) is 47.7 Å². The van der Waals surface area contributed by atoms with Gasteiger partial charge in [-0.2, -0.15) is 0 Å². The van der Waals surface area contributed by atoms with Gasteiger partial charge in [0, 0.05) is 12.7 Å². The summed E-state index contributed by atoms with van der Waals surface area (Å²) in [5.74, 6) is 0.565. The number of guanidine groups is 1. The molecule has 0 amide bonds. The maximum absolute atomic E-state index is 14.1. The molecule has 0 radical (unpaired) electrons. The van der Waals surface area contributed by atoms with Crippen LogP contribution in [0, 0.1) is 5.82 Å². The summed E-state index contributed by atoms with van der Waals surface area (Å²) in [5, 5.41) is 3.01. The molecule has 0 fully saturated rings. The molecular weight excluding hydrogens is 295 g/mol. The fourth-order valence-corrected chi connectivity index (χ4v) is 1.89. The highest BCUT2D eigenvalue weighted by atomic mass is 19.1. The number of rotatable bonds is 7. The van der Waals surface area contributed by atoms with Gasteiger partial charge in [-0.05, 0) is 36.2 Å². The molecular formula is C17H21FN4O. The molecule has 1 aromatic carbocycles. The van der Waals surface area contributed by atoms with Crippen molar-refractivity contribution in [2.45, 2.75) is 26.3 Å². The van der Waals surface area contributed by atoms with Gasteiger partial charge in [0.2, 0.25) is 0 Å². The number of hydrogen-bond acceptors (Lipinski definition) is 3. The molecule has 0 aliphatic heterocycles. The summed E-state index contributed by atoms with van der Waals surface area (Å²) in [7, 11) is 0. The lowest BCUT2D eigenvalue weighted by Gasteiger charge is -2.08. The lowest BCUT2D eigenvalue weighted by molar-refractivity contribution is 0.440. The van der Waals surface area contributed by atoms with Crippen molar-refractivity contribution < 1.29 is 9.13 Å². The summed E-state index contributed by atoms with van der Waals surface area (Å²) in [6.07, 6.45) is 5.28. The van der Waals surface area contributed by atoms with Crippen LogP contribution in [0.1, 0.15) is 25.3 Å². The van der Waals surface area contributed by atoms with Crippen molar-refractivity contribution in [1.82, 2.24) is 10.3 Å². The molecule has 1 aromatic heterocycles. The third-order valence-electron chi connectivity index (χ3n) is 3.13. The number of pyridine rings is 1. The first-order chi connectivity index (χ1) is 11.2. The highest BCUT2D eigenvalue weighted by Crippen LogP contribution is 2.24. The Morgan fingerprint density at radius 3 is 2.96 bits per heavy atom. The second kappa shape index (κ2) is 8.73. The van der Waals surface area contributed by atoms with E-state index in [2.05, 4.69) is 22.2 Å². The Morgan fingerprint density at radius 2 is 2.26 bits per heavy atom. The van der Waals surface area contributed by atoms with E-state index in [9.17, 15) is 4.39 Å². The van der Waals surface area contributed by atoms with Gasteiger partial charge in [-0.1, -0.05) is 19.4 Å². The molecule has 0 spiro atoms. The second-order valence-electron chi connectivity index (χ2n) is 5.04. The monoisotopic (exact) mass is 316 g/mol. The average molecular weight is 316 g/mol. The zero-order chi connectivity index (χ0) is 16.5. The smallest absolute Gasteiger partial charge is 0.188 e. The number of ether oxygens (including phenoxy) is 1. The largest absolute Gasteiger partial charge is 0.453 e. The van der Waals surface area contributed by atoms with Gasteiger partial charge in [0.1, 0.15) is 5.75 Å². The maximum atomic E-state index is 14.1. The van der Waals surface area contributed by atoms with Crippen LogP contribution in [-0.2, 0) is 6.54 Å². The molecule has 1 heterocycles. The van der Waals surface area contributed by atoms with Gasteiger partial charge in [0.05, 0.1) is 12.7 Å². The van der Waals surface area contributed by atoms with Crippen molar-refractivity contribution in [3.63, 3.8) is 0 Å². The summed E-state index contributed by atoms with van der Waals surface area (Å²) >= 11 is 0. The fraction of sp³-hybridized carbons (Fsp3) is 0.294. The van der Waals surface area contributed by atoms with E-state index in [1.807, 2.05) is 0 Å². The molecule has 122 valence electrons. The molecule has 6 heteroatoms. The Morgan fingerprint density at radius 1 is 1.39 bits per heavy atom. The number of nitrogens with two attached hydrogens (primary N) is 1. The van der Waals surface area contributed by atoms with Crippen molar-refractivity contribution in [1.29, 1.82) is 0 Å². The zero-order valence-electron chi connectivity index (χ0n) is 13.1. The molecule has 0 bridgehead atoms. The lowest BCUT2D eigenvalue weighted by Crippen LogP contribution is -2.32. The third-order valence-corrected chi connectivity index (χ3v) is 3.13. The predicted octanol–water partition coefficient (Wildman–Crippen LogP) is 3.22. The number of nitrogens with zero attached hydrogens (tertiary/aromatic N) is 2. The minimum absolute atomic E-state index is 0.153. The zero-order valence-corrected chi connectivity index (χ0v) is 13.1. The highest BCUT2D eigenvalue weighted by Gasteiger charge is 2.06. The molecule has 0 saturated heterocycles. The molecule has 23 heavy (non-hydrogen) atoms. The predicted molar refractivity (Wildman–Crippen MR) is 88.9 cm³/mol. The van der Waals surface area contributed by atoms with Crippen molar-refractivity contribution in [2.75, 3.05) is 6.54 Å². The number of aliphatic imine (C=N–C) groups is 1. The summed E-state index contributed by atoms with van der Waals surface area (Å²) < 4.78 is 19.5. The lowest BCUT2D eigenvalue weighted by atomic mass is 10.2. The Kier molecular flexibility index (Phi) is 6.35. The van der Waals surface area contributed by atoms with E-state index < -0.39 is 5.82 Å². The number of hydrogen-bond donors (Lipinski definition) is 2. The minimum Gasteiger partial charge on any atom is -0.453 e. The fourth-order valence-electron chi connectivity index (χ4n) is 1.89. The van der Waals surface area contributed by atoms with E-state index >= 15 is 0 Å². The Bertz CT molecular complexity index is 646. The van der Waals surface area contributed by atoms with Gasteiger partial charge in [-0.3, -0.25) is 4.98 Å². The Hall–Kier alpha value is -2.63. The number of nitrogens with one attached hydrogen (secondary N) is 1. The van der Waals surface area contributed by atoms with Gasteiger partial charge >= 0.3 is 0 Å². The molecule has 0 saturated carbocycles. The van der Waals surface area contributed by atoms with E-state index in [0.717, 1.165) is 24.9 Å². The Balaban J connectivity index is 1.95. The Labute approximate surface area is 135 Å². The van der Waals surface area contributed by atoms with Gasteiger partial charge in [0.15, 0.2) is 17.5 Å². The van der Waals surface area contributed by atoms with Crippen LogP contribution in [-0.4, -0.2) is 17.5 Å². The molecule has 0 unspecified atom stereocenters. The first-order valence-electron chi connectivity index (χ1n) is 7.59. The van der Waals surface area contributed by atoms with Crippen LogP contribution >= 0.6 is 0 Å².